The standard InChI is InChI=1S/C13H12BrClN2O/c1-7-13(15)8(2)17(16-7)12-6-10(14)4-5-11(12)9(3)18/h4-6H,1-3H3. The molecule has 0 atom stereocenters. The van der Waals surface area contributed by atoms with Crippen LogP contribution in [0.15, 0.2) is 22.7 Å². The van der Waals surface area contributed by atoms with Crippen LogP contribution in [0, 0.1) is 13.8 Å². The summed E-state index contributed by atoms with van der Waals surface area (Å²) in [6, 6.07) is 5.49. The van der Waals surface area contributed by atoms with Crippen molar-refractivity contribution in [2.24, 2.45) is 0 Å². The van der Waals surface area contributed by atoms with Crippen LogP contribution < -0.4 is 0 Å². The van der Waals surface area contributed by atoms with E-state index in [4.69, 9.17) is 11.6 Å². The number of carbonyl (C=O) groups excluding carboxylic acids is 1. The van der Waals surface area contributed by atoms with E-state index >= 15 is 0 Å². The van der Waals surface area contributed by atoms with Gasteiger partial charge in [-0.05, 0) is 39.0 Å². The van der Waals surface area contributed by atoms with Crippen molar-refractivity contribution in [1.82, 2.24) is 9.78 Å². The maximum Gasteiger partial charge on any atom is 0.161 e. The van der Waals surface area contributed by atoms with Gasteiger partial charge in [-0.3, -0.25) is 4.79 Å². The van der Waals surface area contributed by atoms with Gasteiger partial charge >= 0.3 is 0 Å². The molecular weight excluding hydrogens is 316 g/mol. The topological polar surface area (TPSA) is 34.9 Å². The van der Waals surface area contributed by atoms with E-state index in [2.05, 4.69) is 21.0 Å². The Kier molecular flexibility index (Phi) is 3.59. The largest absolute Gasteiger partial charge is 0.294 e. The summed E-state index contributed by atoms with van der Waals surface area (Å²) in [5.74, 6) is 0.00109. The molecule has 18 heavy (non-hydrogen) atoms. The highest BCUT2D eigenvalue weighted by Gasteiger charge is 2.15. The van der Waals surface area contributed by atoms with Crippen LogP contribution in [0.1, 0.15) is 28.7 Å². The second-order valence-electron chi connectivity index (χ2n) is 4.11. The number of benzene rings is 1. The Bertz CT molecular complexity index is 634. The predicted octanol–water partition coefficient (Wildman–Crippen LogP) is 4.11. The van der Waals surface area contributed by atoms with E-state index in [0.717, 1.165) is 21.5 Å². The highest BCUT2D eigenvalue weighted by Crippen LogP contribution is 2.26. The summed E-state index contributed by atoms with van der Waals surface area (Å²) in [6.45, 7) is 5.27. The molecule has 0 aliphatic heterocycles. The molecule has 2 aromatic rings. The lowest BCUT2D eigenvalue weighted by molar-refractivity contribution is 0.101. The number of hydrogen-bond donors (Lipinski definition) is 0. The van der Waals surface area contributed by atoms with Crippen LogP contribution >= 0.6 is 27.5 Å². The van der Waals surface area contributed by atoms with E-state index in [1.807, 2.05) is 26.0 Å². The van der Waals surface area contributed by atoms with Crippen molar-refractivity contribution >= 4 is 33.3 Å². The van der Waals surface area contributed by atoms with Gasteiger partial charge in [-0.25, -0.2) is 4.68 Å². The summed E-state index contributed by atoms with van der Waals surface area (Å²) in [7, 11) is 0. The lowest BCUT2D eigenvalue weighted by Crippen LogP contribution is -2.06. The molecule has 1 aromatic carbocycles. The maximum atomic E-state index is 11.7. The zero-order valence-corrected chi connectivity index (χ0v) is 12.6. The fraction of sp³-hybridized carbons (Fsp3) is 0.231. The third-order valence-electron chi connectivity index (χ3n) is 2.77. The lowest BCUT2D eigenvalue weighted by Gasteiger charge is -2.09. The second kappa shape index (κ2) is 4.86. The fourth-order valence-corrected chi connectivity index (χ4v) is 2.30. The second-order valence-corrected chi connectivity index (χ2v) is 5.41. The van der Waals surface area contributed by atoms with Crippen molar-refractivity contribution in [2.75, 3.05) is 0 Å². The van der Waals surface area contributed by atoms with E-state index in [0.29, 0.717) is 10.6 Å². The fourth-order valence-electron chi connectivity index (χ4n) is 1.84. The minimum Gasteiger partial charge on any atom is -0.294 e. The van der Waals surface area contributed by atoms with Crippen molar-refractivity contribution in [2.45, 2.75) is 20.8 Å². The van der Waals surface area contributed by atoms with Crippen LogP contribution in [0.5, 0.6) is 0 Å². The molecule has 0 amide bonds. The molecule has 0 fully saturated rings. The van der Waals surface area contributed by atoms with Crippen molar-refractivity contribution in [3.8, 4) is 5.69 Å². The number of hydrogen-bond acceptors (Lipinski definition) is 2. The molecule has 0 spiro atoms. The van der Waals surface area contributed by atoms with Gasteiger partial charge in [0.1, 0.15) is 0 Å². The minimum atomic E-state index is 0.00109. The lowest BCUT2D eigenvalue weighted by atomic mass is 10.1. The van der Waals surface area contributed by atoms with Gasteiger partial charge in [0.15, 0.2) is 5.78 Å². The molecular formula is C13H12BrClN2O. The van der Waals surface area contributed by atoms with Gasteiger partial charge in [-0.15, -0.1) is 0 Å². The van der Waals surface area contributed by atoms with Crippen LogP contribution in [0.4, 0.5) is 0 Å². The molecule has 0 bridgehead atoms. The predicted molar refractivity (Wildman–Crippen MR) is 75.8 cm³/mol. The monoisotopic (exact) mass is 326 g/mol. The molecule has 0 N–H and O–H groups in total. The molecule has 0 radical (unpaired) electrons. The van der Waals surface area contributed by atoms with Gasteiger partial charge in [0, 0.05) is 10.0 Å². The van der Waals surface area contributed by atoms with Crippen molar-refractivity contribution < 1.29 is 4.79 Å². The smallest absolute Gasteiger partial charge is 0.161 e. The highest BCUT2D eigenvalue weighted by molar-refractivity contribution is 9.10. The molecule has 0 saturated heterocycles. The molecule has 3 nitrogen and oxygen atoms in total. The maximum absolute atomic E-state index is 11.7. The van der Waals surface area contributed by atoms with E-state index in [-0.39, 0.29) is 5.78 Å². The van der Waals surface area contributed by atoms with E-state index in [9.17, 15) is 4.79 Å². The Morgan fingerprint density at radius 1 is 1.39 bits per heavy atom. The van der Waals surface area contributed by atoms with Crippen molar-refractivity contribution in [3.63, 3.8) is 0 Å². The Morgan fingerprint density at radius 2 is 2.06 bits per heavy atom. The van der Waals surface area contributed by atoms with Gasteiger partial charge in [-0.2, -0.15) is 5.10 Å². The zero-order chi connectivity index (χ0) is 13.4. The van der Waals surface area contributed by atoms with Crippen LogP contribution in [-0.2, 0) is 0 Å². The Hall–Kier alpha value is -1.13. The molecule has 0 aliphatic rings. The molecule has 94 valence electrons. The van der Waals surface area contributed by atoms with Gasteiger partial charge in [-0.1, -0.05) is 27.5 Å². The number of carbonyl (C=O) groups is 1. The average Bonchev–Trinajstić information content (AvgIpc) is 2.56. The summed E-state index contributed by atoms with van der Waals surface area (Å²) in [5, 5.41) is 5.00. The van der Waals surface area contributed by atoms with E-state index in [1.54, 1.807) is 17.7 Å². The molecule has 1 aromatic heterocycles. The first kappa shape index (κ1) is 13.3. The number of rotatable bonds is 2. The SMILES string of the molecule is CC(=O)c1ccc(Br)cc1-n1nc(C)c(Cl)c1C. The van der Waals surface area contributed by atoms with Crippen LogP contribution in [0.2, 0.25) is 5.02 Å². The van der Waals surface area contributed by atoms with Gasteiger partial charge in [0.05, 0.1) is 22.1 Å². The van der Waals surface area contributed by atoms with Gasteiger partial charge in [0.25, 0.3) is 0 Å². The molecule has 2 rings (SSSR count). The third-order valence-corrected chi connectivity index (χ3v) is 3.81. The highest BCUT2D eigenvalue weighted by atomic mass is 79.9. The first-order chi connectivity index (χ1) is 8.41. The average molecular weight is 328 g/mol. The van der Waals surface area contributed by atoms with Crippen LogP contribution in [0.25, 0.3) is 5.69 Å². The summed E-state index contributed by atoms with van der Waals surface area (Å²) >= 11 is 9.55. The van der Waals surface area contributed by atoms with Crippen LogP contribution in [0.3, 0.4) is 0 Å². The quantitative estimate of drug-likeness (QED) is 0.778. The minimum absolute atomic E-state index is 0.00109. The summed E-state index contributed by atoms with van der Waals surface area (Å²) < 4.78 is 2.60. The molecule has 0 unspecified atom stereocenters. The van der Waals surface area contributed by atoms with Crippen molar-refractivity contribution in [3.05, 3.63) is 44.6 Å². The normalized spacial score (nSPS) is 10.7. The Labute approximate surface area is 119 Å². The molecule has 0 aliphatic carbocycles. The summed E-state index contributed by atoms with van der Waals surface area (Å²) in [5.41, 5.74) is 2.95. The number of ketones is 1. The number of aryl methyl sites for hydroxylation is 1. The molecule has 1 heterocycles. The summed E-state index contributed by atoms with van der Waals surface area (Å²) in [6.07, 6.45) is 0. The van der Waals surface area contributed by atoms with Crippen LogP contribution in [-0.4, -0.2) is 15.6 Å². The zero-order valence-electron chi connectivity index (χ0n) is 10.3. The van der Waals surface area contributed by atoms with E-state index in [1.165, 1.54) is 0 Å². The number of aromatic nitrogens is 2. The number of Topliss-reactive ketones (excluding diaryl/α,β-unsaturated/α-hetero) is 1. The molecule has 0 saturated carbocycles. The van der Waals surface area contributed by atoms with Crippen molar-refractivity contribution in [1.29, 1.82) is 0 Å². The van der Waals surface area contributed by atoms with Gasteiger partial charge in [0.2, 0.25) is 0 Å². The number of nitrogens with zero attached hydrogens (tertiary/aromatic N) is 2. The molecule has 5 heteroatoms. The Balaban J connectivity index is 2.73. The van der Waals surface area contributed by atoms with Gasteiger partial charge < -0.3 is 0 Å². The summed E-state index contributed by atoms with van der Waals surface area (Å²) in [4.78, 5) is 11.7. The third kappa shape index (κ3) is 2.22. The number of halogens is 2. The first-order valence-corrected chi connectivity index (χ1v) is 6.61. The first-order valence-electron chi connectivity index (χ1n) is 5.44. The van der Waals surface area contributed by atoms with E-state index < -0.39 is 0 Å². The Morgan fingerprint density at radius 3 is 2.56 bits per heavy atom.